The number of hydrogen-bond donors (Lipinski definition) is 0. The molecule has 0 nitrogen and oxygen atoms in total. The van der Waals surface area contributed by atoms with Crippen molar-refractivity contribution in [3.05, 3.63) is 43.2 Å². The maximum absolute atomic E-state index is 2.63. The Morgan fingerprint density at radius 3 is 1.68 bits per heavy atom. The summed E-state index contributed by atoms with van der Waals surface area (Å²) in [7, 11) is 0. The van der Waals surface area contributed by atoms with Crippen LogP contribution < -0.4 is 0 Å². The van der Waals surface area contributed by atoms with Crippen molar-refractivity contribution < 1.29 is 17.1 Å². The summed E-state index contributed by atoms with van der Waals surface area (Å²) in [6, 6.07) is 0. The zero-order chi connectivity index (χ0) is 15.9. The SMILES string of the molecule is CCCCC1=[C]([Ti]([C]2=C(CCCC)C=CC2)[SiH](C)C)CC=C1. The molecule has 0 unspecified atom stereocenters. The molecule has 0 aromatic rings. The molecular weight excluding hydrogens is 316 g/mol. The van der Waals surface area contributed by atoms with E-state index in [1.807, 2.05) is 7.76 Å². The van der Waals surface area contributed by atoms with Crippen LogP contribution in [-0.2, 0) is 17.1 Å². The summed E-state index contributed by atoms with van der Waals surface area (Å²) in [6.45, 7) is 9.32. The second-order valence-corrected chi connectivity index (χ2v) is 20.3. The van der Waals surface area contributed by atoms with E-state index in [1.165, 1.54) is 51.4 Å². The van der Waals surface area contributed by atoms with Gasteiger partial charge in [-0.15, -0.1) is 0 Å². The fraction of sp³-hybridized carbons (Fsp3) is 0.600. The number of rotatable bonds is 9. The van der Waals surface area contributed by atoms with Gasteiger partial charge in [0.25, 0.3) is 0 Å². The fourth-order valence-corrected chi connectivity index (χ4v) is 17.5. The summed E-state index contributed by atoms with van der Waals surface area (Å²) in [5.41, 5.74) is 3.51. The maximum atomic E-state index is 2.63. The molecule has 0 bridgehead atoms. The van der Waals surface area contributed by atoms with Gasteiger partial charge in [-0.2, -0.15) is 0 Å². The first kappa shape index (κ1) is 18.2. The molecule has 0 aromatic heterocycles. The molecular formula is C20H33SiTi. The first-order chi connectivity index (χ1) is 10.7. The Labute approximate surface area is 145 Å². The third-order valence-corrected chi connectivity index (χ3v) is 18.0. The number of allylic oxidation sites excluding steroid dienone is 8. The van der Waals surface area contributed by atoms with Crippen LogP contribution >= 0.6 is 0 Å². The first-order valence-corrected chi connectivity index (χ1v) is 16.5. The van der Waals surface area contributed by atoms with Crippen LogP contribution in [0, 0.1) is 0 Å². The normalized spacial score (nSPS) is 17.5. The standard InChI is InChI=1S/2C9H13.C2H7Si.Ti/c2*1-2-3-6-9-7-4-5-8-9;1-3-2;/h2*4,7H,2-3,5-6H2,1H3;3H,1-2H3;. The predicted molar refractivity (Wildman–Crippen MR) is 99.5 cm³/mol. The Morgan fingerprint density at radius 2 is 1.32 bits per heavy atom. The molecule has 0 saturated heterocycles. The van der Waals surface area contributed by atoms with E-state index in [0.717, 1.165) is 0 Å². The van der Waals surface area contributed by atoms with Gasteiger partial charge in [-0.3, -0.25) is 0 Å². The average molecular weight is 349 g/mol. The molecule has 0 saturated carbocycles. The molecule has 0 atom stereocenters. The molecule has 22 heavy (non-hydrogen) atoms. The van der Waals surface area contributed by atoms with Crippen molar-refractivity contribution in [2.24, 2.45) is 0 Å². The molecule has 0 heterocycles. The molecule has 2 aliphatic rings. The third kappa shape index (κ3) is 4.46. The molecule has 121 valence electrons. The van der Waals surface area contributed by atoms with E-state index in [1.54, 1.807) is 11.1 Å². The minimum absolute atomic E-state index is 0.566. The Kier molecular flexibility index (Phi) is 7.67. The van der Waals surface area contributed by atoms with Crippen LogP contribution in [0.2, 0.25) is 13.1 Å². The van der Waals surface area contributed by atoms with Crippen LogP contribution in [0.4, 0.5) is 0 Å². The van der Waals surface area contributed by atoms with Crippen molar-refractivity contribution in [2.75, 3.05) is 0 Å². The zero-order valence-electron chi connectivity index (χ0n) is 15.0. The second-order valence-electron chi connectivity index (χ2n) is 7.00. The van der Waals surface area contributed by atoms with Crippen LogP contribution in [0.3, 0.4) is 0 Å². The van der Waals surface area contributed by atoms with Gasteiger partial charge in [0.05, 0.1) is 0 Å². The van der Waals surface area contributed by atoms with Crippen LogP contribution in [0.15, 0.2) is 43.2 Å². The summed E-state index contributed by atoms with van der Waals surface area (Å²) < 4.78 is 3.92. The summed E-state index contributed by atoms with van der Waals surface area (Å²) in [5, 5.41) is 0. The van der Waals surface area contributed by atoms with Gasteiger partial charge in [-0.25, -0.2) is 0 Å². The molecule has 0 radical (unpaired) electrons. The van der Waals surface area contributed by atoms with Gasteiger partial charge in [0.2, 0.25) is 0 Å². The average Bonchev–Trinajstić information content (AvgIpc) is 3.13. The predicted octanol–water partition coefficient (Wildman–Crippen LogP) is 6.40. The number of hydrogen-bond acceptors (Lipinski definition) is 0. The Morgan fingerprint density at radius 1 is 0.864 bits per heavy atom. The van der Waals surface area contributed by atoms with Gasteiger partial charge in [-0.05, 0) is 0 Å². The Bertz CT molecular complexity index is 452. The second kappa shape index (κ2) is 9.25. The van der Waals surface area contributed by atoms with E-state index in [2.05, 4.69) is 51.2 Å². The number of unbranched alkanes of at least 4 members (excludes halogenated alkanes) is 2. The van der Waals surface area contributed by atoms with Gasteiger partial charge in [-0.1, -0.05) is 0 Å². The molecule has 0 fully saturated rings. The van der Waals surface area contributed by atoms with E-state index in [4.69, 9.17) is 0 Å². The third-order valence-electron chi connectivity index (χ3n) is 4.88. The molecule has 2 aliphatic carbocycles. The van der Waals surface area contributed by atoms with Gasteiger partial charge >= 0.3 is 145 Å². The Balaban J connectivity index is 2.26. The Hall–Kier alpha value is -0.109. The van der Waals surface area contributed by atoms with E-state index in [9.17, 15) is 0 Å². The zero-order valence-corrected chi connectivity index (χ0v) is 17.8. The van der Waals surface area contributed by atoms with Gasteiger partial charge < -0.3 is 0 Å². The van der Waals surface area contributed by atoms with Gasteiger partial charge in [0.15, 0.2) is 0 Å². The van der Waals surface area contributed by atoms with Gasteiger partial charge in [0, 0.05) is 0 Å². The summed E-state index contributed by atoms with van der Waals surface area (Å²) in [4.78, 5) is 0. The van der Waals surface area contributed by atoms with E-state index < -0.39 is 23.8 Å². The van der Waals surface area contributed by atoms with Crippen molar-refractivity contribution in [3.8, 4) is 0 Å². The molecule has 2 heteroatoms. The fourth-order valence-electron chi connectivity index (χ4n) is 3.75. The van der Waals surface area contributed by atoms with Crippen molar-refractivity contribution in [1.29, 1.82) is 0 Å². The first-order valence-electron chi connectivity index (χ1n) is 9.33. The van der Waals surface area contributed by atoms with Crippen LogP contribution in [0.1, 0.15) is 65.2 Å². The molecule has 0 spiro atoms. The monoisotopic (exact) mass is 349 g/mol. The molecule has 2 rings (SSSR count). The topological polar surface area (TPSA) is 0 Å². The van der Waals surface area contributed by atoms with E-state index in [0.29, 0.717) is 0 Å². The van der Waals surface area contributed by atoms with Crippen LogP contribution in [-0.4, -0.2) is 6.66 Å². The summed E-state index contributed by atoms with van der Waals surface area (Å²) >= 11 is -1.17. The summed E-state index contributed by atoms with van der Waals surface area (Å²) in [6.07, 6.45) is 20.5. The summed E-state index contributed by atoms with van der Waals surface area (Å²) in [5.74, 6) is 0. The van der Waals surface area contributed by atoms with Crippen molar-refractivity contribution >= 4 is 6.66 Å². The minimum atomic E-state index is -1.17. The van der Waals surface area contributed by atoms with Crippen molar-refractivity contribution in [3.63, 3.8) is 0 Å². The molecule has 0 amide bonds. The molecule has 0 aliphatic heterocycles. The van der Waals surface area contributed by atoms with Gasteiger partial charge in [0.1, 0.15) is 0 Å². The van der Waals surface area contributed by atoms with Crippen molar-refractivity contribution in [2.45, 2.75) is 78.3 Å². The van der Waals surface area contributed by atoms with Crippen LogP contribution in [0.5, 0.6) is 0 Å². The quantitative estimate of drug-likeness (QED) is 0.423. The molecule has 0 N–H and O–H groups in total. The van der Waals surface area contributed by atoms with E-state index in [-0.39, 0.29) is 0 Å². The molecule has 0 aromatic carbocycles. The van der Waals surface area contributed by atoms with E-state index >= 15 is 0 Å². The van der Waals surface area contributed by atoms with Crippen molar-refractivity contribution in [1.82, 2.24) is 0 Å². The van der Waals surface area contributed by atoms with Crippen LogP contribution in [0.25, 0.3) is 0 Å².